The van der Waals surface area contributed by atoms with Gasteiger partial charge in [-0.05, 0) is 30.9 Å². The zero-order valence-corrected chi connectivity index (χ0v) is 11.3. The van der Waals surface area contributed by atoms with E-state index < -0.39 is 10.0 Å². The van der Waals surface area contributed by atoms with Gasteiger partial charge in [0.15, 0.2) is 0 Å². The van der Waals surface area contributed by atoms with Gasteiger partial charge < -0.3 is 0 Å². The Hall–Kier alpha value is -1.09. The lowest BCUT2D eigenvalue weighted by Gasteiger charge is -2.19. The Morgan fingerprint density at radius 1 is 1.50 bits per heavy atom. The van der Waals surface area contributed by atoms with Gasteiger partial charge in [0.25, 0.3) is 0 Å². The zero-order valence-electron chi connectivity index (χ0n) is 9.71. The Morgan fingerprint density at radius 3 is 2.72 bits per heavy atom. The highest BCUT2D eigenvalue weighted by molar-refractivity contribution is 7.89. The van der Waals surface area contributed by atoms with Crippen LogP contribution >= 0.6 is 11.6 Å². The van der Waals surface area contributed by atoms with Crippen molar-refractivity contribution in [3.05, 3.63) is 23.5 Å². The van der Waals surface area contributed by atoms with E-state index in [1.165, 1.54) is 22.6 Å². The predicted molar refractivity (Wildman–Crippen MR) is 69.6 cm³/mol. The fourth-order valence-corrected chi connectivity index (χ4v) is 3.09. The lowest BCUT2D eigenvalue weighted by Crippen LogP contribution is -2.33. The minimum Gasteiger partial charge on any atom is -0.243 e. The highest BCUT2D eigenvalue weighted by Crippen LogP contribution is 2.31. The summed E-state index contributed by atoms with van der Waals surface area (Å²) >= 11 is 5.64. The number of hydrogen-bond acceptors (Lipinski definition) is 3. The zero-order chi connectivity index (χ0) is 13.2. The van der Waals surface area contributed by atoms with Crippen LogP contribution in [0.15, 0.2) is 23.2 Å². The van der Waals surface area contributed by atoms with Gasteiger partial charge >= 0.3 is 0 Å². The molecule has 4 nitrogen and oxygen atoms in total. The second kappa shape index (κ2) is 5.27. The first-order valence-corrected chi connectivity index (χ1v) is 7.41. The van der Waals surface area contributed by atoms with Crippen molar-refractivity contribution in [1.29, 1.82) is 0 Å². The first kappa shape index (κ1) is 13.3. The monoisotopic (exact) mass is 284 g/mol. The summed E-state index contributed by atoms with van der Waals surface area (Å²) in [6.45, 7) is 0.566. The Morgan fingerprint density at radius 2 is 2.22 bits per heavy atom. The van der Waals surface area contributed by atoms with Gasteiger partial charge in [0.1, 0.15) is 10.0 Å². The molecule has 1 fully saturated rings. The molecule has 6 heteroatoms. The van der Waals surface area contributed by atoms with Crippen LogP contribution in [0, 0.1) is 18.3 Å². The summed E-state index contributed by atoms with van der Waals surface area (Å²) in [5.74, 6) is 2.83. The van der Waals surface area contributed by atoms with Crippen LogP contribution in [-0.4, -0.2) is 30.8 Å². The highest BCUT2D eigenvalue weighted by atomic mass is 35.5. The molecule has 1 heterocycles. The second-order valence-electron chi connectivity index (χ2n) is 4.26. The number of nitrogens with zero attached hydrogens (tertiary/aromatic N) is 2. The van der Waals surface area contributed by atoms with E-state index in [-0.39, 0.29) is 16.6 Å². The Balaban J connectivity index is 2.26. The van der Waals surface area contributed by atoms with E-state index in [0.717, 1.165) is 12.8 Å². The smallest absolute Gasteiger partial charge is 0.243 e. The number of rotatable bonds is 5. The SMILES string of the molecule is C#CCN(CC1CC1)S(=O)(=O)c1ccc(Cl)nc1. The Kier molecular flexibility index (Phi) is 3.91. The van der Waals surface area contributed by atoms with Crippen molar-refractivity contribution in [1.82, 2.24) is 9.29 Å². The van der Waals surface area contributed by atoms with Crippen molar-refractivity contribution in [3.63, 3.8) is 0 Å². The molecule has 0 bridgehead atoms. The van der Waals surface area contributed by atoms with Crippen LogP contribution in [0.25, 0.3) is 0 Å². The van der Waals surface area contributed by atoms with Gasteiger partial charge in [-0.25, -0.2) is 13.4 Å². The van der Waals surface area contributed by atoms with Crippen LogP contribution in [0.3, 0.4) is 0 Å². The maximum atomic E-state index is 12.3. The standard InChI is InChI=1S/C12H13ClN2O2S/c1-2-7-15(9-10-3-4-10)18(16,17)11-5-6-12(13)14-8-11/h1,5-6,8,10H,3-4,7,9H2. The lowest BCUT2D eigenvalue weighted by molar-refractivity contribution is 0.430. The third-order valence-electron chi connectivity index (χ3n) is 2.76. The molecular formula is C12H13ClN2O2S. The van der Waals surface area contributed by atoms with E-state index in [1.807, 2.05) is 0 Å². The summed E-state index contributed by atoms with van der Waals surface area (Å²) in [4.78, 5) is 3.92. The van der Waals surface area contributed by atoms with E-state index in [1.54, 1.807) is 0 Å². The summed E-state index contributed by atoms with van der Waals surface area (Å²) in [5, 5.41) is 0.264. The van der Waals surface area contributed by atoms with Crippen LogP contribution in [0.4, 0.5) is 0 Å². The molecule has 18 heavy (non-hydrogen) atoms. The number of pyridine rings is 1. The molecule has 0 aliphatic heterocycles. The van der Waals surface area contributed by atoms with Gasteiger partial charge in [0.2, 0.25) is 10.0 Å². The van der Waals surface area contributed by atoms with Crippen LogP contribution < -0.4 is 0 Å². The second-order valence-corrected chi connectivity index (χ2v) is 6.59. The molecule has 1 saturated carbocycles. The fourth-order valence-electron chi connectivity index (χ4n) is 1.60. The largest absolute Gasteiger partial charge is 0.245 e. The maximum Gasteiger partial charge on any atom is 0.245 e. The molecule has 1 aliphatic rings. The van der Waals surface area contributed by atoms with Gasteiger partial charge in [0, 0.05) is 12.7 Å². The molecular weight excluding hydrogens is 272 g/mol. The normalized spacial score (nSPS) is 15.6. The summed E-state index contributed by atoms with van der Waals surface area (Å²) in [6, 6.07) is 2.90. The van der Waals surface area contributed by atoms with Gasteiger partial charge in [-0.3, -0.25) is 0 Å². The summed E-state index contributed by atoms with van der Waals surface area (Å²) < 4.78 is 26.0. The molecule has 1 aromatic heterocycles. The number of hydrogen-bond donors (Lipinski definition) is 0. The average Bonchev–Trinajstić information content (AvgIpc) is 3.13. The molecule has 1 aliphatic carbocycles. The predicted octanol–water partition coefficient (Wildman–Crippen LogP) is 1.77. The molecule has 0 N–H and O–H groups in total. The van der Waals surface area contributed by atoms with Crippen molar-refractivity contribution in [3.8, 4) is 12.3 Å². The fraction of sp³-hybridized carbons (Fsp3) is 0.417. The maximum absolute atomic E-state index is 12.3. The van der Waals surface area contributed by atoms with Gasteiger partial charge in [-0.1, -0.05) is 17.5 Å². The quantitative estimate of drug-likeness (QED) is 0.612. The van der Waals surface area contributed by atoms with Crippen LogP contribution in [0.1, 0.15) is 12.8 Å². The Labute approximate surface area is 112 Å². The number of terminal acetylenes is 1. The third-order valence-corrected chi connectivity index (χ3v) is 4.78. The molecule has 0 aromatic carbocycles. The highest BCUT2D eigenvalue weighted by Gasteiger charge is 2.31. The molecule has 2 rings (SSSR count). The number of halogens is 1. The minimum atomic E-state index is -3.57. The van der Waals surface area contributed by atoms with E-state index >= 15 is 0 Å². The van der Waals surface area contributed by atoms with Crippen molar-refractivity contribution < 1.29 is 8.42 Å². The van der Waals surface area contributed by atoms with Crippen molar-refractivity contribution in [2.75, 3.05) is 13.1 Å². The molecule has 0 radical (unpaired) electrons. The van der Waals surface area contributed by atoms with E-state index in [2.05, 4.69) is 10.9 Å². The first-order chi connectivity index (χ1) is 8.54. The third kappa shape index (κ3) is 3.02. The minimum absolute atomic E-state index is 0.0848. The van der Waals surface area contributed by atoms with Gasteiger partial charge in [0.05, 0.1) is 6.54 Å². The molecule has 0 spiro atoms. The molecule has 0 amide bonds. The summed E-state index contributed by atoms with van der Waals surface area (Å²) in [7, 11) is -3.57. The van der Waals surface area contributed by atoms with Crippen molar-refractivity contribution in [2.24, 2.45) is 5.92 Å². The van der Waals surface area contributed by atoms with Crippen LogP contribution in [-0.2, 0) is 10.0 Å². The molecule has 0 atom stereocenters. The van der Waals surface area contributed by atoms with E-state index in [4.69, 9.17) is 18.0 Å². The van der Waals surface area contributed by atoms with Crippen LogP contribution in [0.2, 0.25) is 5.15 Å². The molecule has 0 unspecified atom stereocenters. The summed E-state index contributed by atoms with van der Waals surface area (Å²) in [5.41, 5.74) is 0. The van der Waals surface area contributed by atoms with Gasteiger partial charge in [-0.2, -0.15) is 4.31 Å². The first-order valence-electron chi connectivity index (χ1n) is 5.59. The molecule has 0 saturated heterocycles. The van der Waals surface area contributed by atoms with Crippen molar-refractivity contribution in [2.45, 2.75) is 17.7 Å². The Bertz CT molecular complexity index is 559. The lowest BCUT2D eigenvalue weighted by atomic mass is 10.4. The summed E-state index contributed by atoms with van der Waals surface area (Å²) in [6.07, 6.45) is 8.62. The number of aromatic nitrogens is 1. The van der Waals surface area contributed by atoms with Crippen molar-refractivity contribution >= 4 is 21.6 Å². The van der Waals surface area contributed by atoms with E-state index in [9.17, 15) is 8.42 Å². The van der Waals surface area contributed by atoms with Gasteiger partial charge in [-0.15, -0.1) is 6.42 Å². The number of sulfonamides is 1. The van der Waals surface area contributed by atoms with E-state index in [0.29, 0.717) is 12.5 Å². The average molecular weight is 285 g/mol. The molecule has 1 aromatic rings. The van der Waals surface area contributed by atoms with Crippen LogP contribution in [0.5, 0.6) is 0 Å². The molecule has 96 valence electrons. The topological polar surface area (TPSA) is 50.3 Å².